The van der Waals surface area contributed by atoms with Crippen molar-refractivity contribution < 1.29 is 18.6 Å². The largest absolute Gasteiger partial charge is 0.379 e. The van der Waals surface area contributed by atoms with Gasteiger partial charge < -0.3 is 19.1 Å². The molecule has 1 aromatic carbocycles. The Morgan fingerprint density at radius 2 is 2.08 bits per heavy atom. The number of nitrogens with zero attached hydrogens (tertiary/aromatic N) is 2. The highest BCUT2D eigenvalue weighted by molar-refractivity contribution is 5.99. The quantitative estimate of drug-likeness (QED) is 0.758. The molecule has 0 saturated carbocycles. The normalized spacial score (nSPS) is 19.6. The first-order chi connectivity index (χ1) is 12.7. The Morgan fingerprint density at radius 1 is 1.23 bits per heavy atom. The molecule has 1 amide bonds. The van der Waals surface area contributed by atoms with E-state index in [1.54, 1.807) is 0 Å². The molecule has 1 aliphatic rings. The number of aryl methyl sites for hydroxylation is 1. The van der Waals surface area contributed by atoms with E-state index in [0.29, 0.717) is 30.9 Å². The van der Waals surface area contributed by atoms with E-state index in [0.717, 1.165) is 17.0 Å². The molecule has 0 unspecified atom stereocenters. The van der Waals surface area contributed by atoms with Gasteiger partial charge in [-0.05, 0) is 6.92 Å². The molecule has 134 valence electrons. The van der Waals surface area contributed by atoms with Gasteiger partial charge in [-0.2, -0.15) is 0 Å². The monoisotopic (exact) mass is 353 g/mol. The number of carbonyl (C=O) groups is 1. The van der Waals surface area contributed by atoms with Crippen molar-refractivity contribution in [3.8, 4) is 11.3 Å². The Hall–Kier alpha value is -2.93. The zero-order valence-corrected chi connectivity index (χ0v) is 14.3. The molecule has 0 spiro atoms. The molecule has 3 aromatic rings. The summed E-state index contributed by atoms with van der Waals surface area (Å²) in [7, 11) is 0. The summed E-state index contributed by atoms with van der Waals surface area (Å²) < 4.78 is 15.9. The molecule has 1 aliphatic heterocycles. The first-order valence-corrected chi connectivity index (χ1v) is 8.51. The molecule has 4 rings (SSSR count). The Morgan fingerprint density at radius 3 is 2.85 bits per heavy atom. The standard InChI is InChI=1S/C19H19N3O4/c1-12-7-15(26-21-12)8-14-9-24-11-17(14)20-19(23)16-10-25-22-18(16)13-5-3-2-4-6-13/h2-7,10,14,17H,8-9,11H2,1H3,(H,20,23)/t14-,17+/m1/s1. The molecule has 0 bridgehead atoms. The predicted molar refractivity (Wildman–Crippen MR) is 92.4 cm³/mol. The first-order valence-electron chi connectivity index (χ1n) is 8.51. The highest BCUT2D eigenvalue weighted by atomic mass is 16.5. The Kier molecular flexibility index (Phi) is 4.53. The fourth-order valence-corrected chi connectivity index (χ4v) is 3.18. The molecule has 0 radical (unpaired) electrons. The van der Waals surface area contributed by atoms with Gasteiger partial charge in [0.25, 0.3) is 5.91 Å². The minimum Gasteiger partial charge on any atom is -0.379 e. The lowest BCUT2D eigenvalue weighted by Crippen LogP contribution is -2.40. The lowest BCUT2D eigenvalue weighted by molar-refractivity contribution is 0.0924. The maximum atomic E-state index is 12.8. The number of rotatable bonds is 5. The van der Waals surface area contributed by atoms with Gasteiger partial charge in [0, 0.05) is 24.0 Å². The van der Waals surface area contributed by atoms with Crippen LogP contribution in [0.5, 0.6) is 0 Å². The van der Waals surface area contributed by atoms with E-state index in [4.69, 9.17) is 13.8 Å². The topological polar surface area (TPSA) is 90.4 Å². The van der Waals surface area contributed by atoms with Crippen molar-refractivity contribution in [3.63, 3.8) is 0 Å². The maximum Gasteiger partial charge on any atom is 0.257 e. The zero-order valence-electron chi connectivity index (χ0n) is 14.3. The summed E-state index contributed by atoms with van der Waals surface area (Å²) in [6, 6.07) is 11.3. The summed E-state index contributed by atoms with van der Waals surface area (Å²) in [5, 5.41) is 10.9. The second-order valence-corrected chi connectivity index (χ2v) is 6.46. The molecule has 2 aromatic heterocycles. The van der Waals surface area contributed by atoms with Gasteiger partial charge >= 0.3 is 0 Å². The van der Waals surface area contributed by atoms with Crippen LogP contribution in [0.2, 0.25) is 0 Å². The number of aromatic nitrogens is 2. The highest BCUT2D eigenvalue weighted by Crippen LogP contribution is 2.24. The smallest absolute Gasteiger partial charge is 0.257 e. The second kappa shape index (κ2) is 7.13. The SMILES string of the molecule is Cc1cc(C[C@@H]2COC[C@@H]2NC(=O)c2conc2-c2ccccc2)on1. The lowest BCUT2D eigenvalue weighted by Gasteiger charge is -2.17. The average Bonchev–Trinajstić information content (AvgIpc) is 3.38. The van der Waals surface area contributed by atoms with Crippen molar-refractivity contribution >= 4 is 5.91 Å². The highest BCUT2D eigenvalue weighted by Gasteiger charge is 2.32. The zero-order chi connectivity index (χ0) is 17.9. The number of hydrogen-bond donors (Lipinski definition) is 1. The van der Waals surface area contributed by atoms with Crippen molar-refractivity contribution in [3.05, 3.63) is 59.7 Å². The minimum absolute atomic E-state index is 0.105. The predicted octanol–water partition coefficient (Wildman–Crippen LogP) is 2.63. The van der Waals surface area contributed by atoms with Crippen molar-refractivity contribution in [1.82, 2.24) is 15.6 Å². The van der Waals surface area contributed by atoms with Crippen LogP contribution in [-0.4, -0.2) is 35.5 Å². The van der Waals surface area contributed by atoms with E-state index in [9.17, 15) is 4.79 Å². The summed E-state index contributed by atoms with van der Waals surface area (Å²) in [5.41, 5.74) is 2.63. The van der Waals surface area contributed by atoms with Crippen LogP contribution in [0.4, 0.5) is 0 Å². The summed E-state index contributed by atoms with van der Waals surface area (Å²) in [6.45, 7) is 2.92. The Balaban J connectivity index is 1.47. The Labute approximate surface area is 150 Å². The van der Waals surface area contributed by atoms with Gasteiger partial charge in [-0.15, -0.1) is 0 Å². The van der Waals surface area contributed by atoms with Gasteiger partial charge in [0.05, 0.1) is 24.9 Å². The fraction of sp³-hybridized carbons (Fsp3) is 0.316. The lowest BCUT2D eigenvalue weighted by atomic mass is 9.97. The average molecular weight is 353 g/mol. The molecule has 1 N–H and O–H groups in total. The third kappa shape index (κ3) is 3.39. The fourth-order valence-electron chi connectivity index (χ4n) is 3.18. The van der Waals surface area contributed by atoms with E-state index in [1.165, 1.54) is 6.26 Å². The summed E-state index contributed by atoms with van der Waals surface area (Å²) in [5.74, 6) is 0.706. The molecule has 1 saturated heterocycles. The van der Waals surface area contributed by atoms with Crippen LogP contribution in [0.3, 0.4) is 0 Å². The maximum absolute atomic E-state index is 12.8. The van der Waals surface area contributed by atoms with Crippen molar-refractivity contribution in [2.45, 2.75) is 19.4 Å². The number of ether oxygens (including phenoxy) is 1. The van der Waals surface area contributed by atoms with Crippen LogP contribution < -0.4 is 5.32 Å². The van der Waals surface area contributed by atoms with Crippen LogP contribution in [0.1, 0.15) is 21.8 Å². The minimum atomic E-state index is -0.223. The molecule has 7 nitrogen and oxygen atoms in total. The van der Waals surface area contributed by atoms with Crippen molar-refractivity contribution in [2.75, 3.05) is 13.2 Å². The molecule has 0 aliphatic carbocycles. The van der Waals surface area contributed by atoms with E-state index in [2.05, 4.69) is 15.6 Å². The first kappa shape index (κ1) is 16.5. The molecular weight excluding hydrogens is 334 g/mol. The summed E-state index contributed by atoms with van der Waals surface area (Å²) in [4.78, 5) is 12.8. The van der Waals surface area contributed by atoms with Crippen LogP contribution in [0.15, 0.2) is 51.7 Å². The number of carbonyl (C=O) groups excluding carboxylic acids is 1. The number of nitrogens with one attached hydrogen (secondary N) is 1. The Bertz CT molecular complexity index is 887. The number of benzene rings is 1. The second-order valence-electron chi connectivity index (χ2n) is 6.46. The van der Waals surface area contributed by atoms with Crippen LogP contribution in [-0.2, 0) is 11.2 Å². The van der Waals surface area contributed by atoms with Crippen molar-refractivity contribution in [1.29, 1.82) is 0 Å². The molecule has 3 heterocycles. The van der Waals surface area contributed by atoms with Crippen LogP contribution in [0, 0.1) is 12.8 Å². The van der Waals surface area contributed by atoms with Gasteiger partial charge in [-0.1, -0.05) is 40.6 Å². The third-order valence-electron chi connectivity index (χ3n) is 4.52. The summed E-state index contributed by atoms with van der Waals surface area (Å²) >= 11 is 0. The molecule has 2 atom stereocenters. The summed E-state index contributed by atoms with van der Waals surface area (Å²) in [6.07, 6.45) is 2.04. The van der Waals surface area contributed by atoms with E-state index in [-0.39, 0.29) is 17.9 Å². The number of hydrogen-bond acceptors (Lipinski definition) is 6. The molecule has 1 fully saturated rings. The van der Waals surface area contributed by atoms with Gasteiger partial charge in [0.15, 0.2) is 0 Å². The van der Waals surface area contributed by atoms with Gasteiger partial charge in [-0.25, -0.2) is 0 Å². The number of amides is 1. The van der Waals surface area contributed by atoms with E-state index in [1.807, 2.05) is 43.3 Å². The van der Waals surface area contributed by atoms with Gasteiger partial charge in [-0.3, -0.25) is 4.79 Å². The third-order valence-corrected chi connectivity index (χ3v) is 4.52. The van der Waals surface area contributed by atoms with E-state index < -0.39 is 0 Å². The van der Waals surface area contributed by atoms with Crippen LogP contribution in [0.25, 0.3) is 11.3 Å². The van der Waals surface area contributed by atoms with Crippen molar-refractivity contribution in [2.24, 2.45) is 5.92 Å². The molecule has 26 heavy (non-hydrogen) atoms. The van der Waals surface area contributed by atoms with E-state index >= 15 is 0 Å². The van der Waals surface area contributed by atoms with Crippen LogP contribution >= 0.6 is 0 Å². The molecule has 7 heteroatoms. The molecular formula is C19H19N3O4. The van der Waals surface area contributed by atoms with Gasteiger partial charge in [0.1, 0.15) is 23.3 Å². The van der Waals surface area contributed by atoms with Gasteiger partial charge in [0.2, 0.25) is 0 Å².